The number of carbonyl (C=O) groups is 6. The maximum Gasteiger partial charge on any atom is 0.200 e. The molecule has 0 aliphatic rings. The van der Waals surface area contributed by atoms with Gasteiger partial charge in [-0.3, -0.25) is 28.8 Å². The van der Waals surface area contributed by atoms with Crippen LogP contribution in [0.2, 0.25) is 0 Å². The second kappa shape index (κ2) is 49.3. The standard InChI is InChI=1S/C30H28O5.C21H26O3.C15H14O4.C14H12O3.C13H10O5.C13H10O3/c31-28-20-25(14-13-24(28)19-22-9-3-1-4-10-22)34-17-7-8-18-35-26-15-16-27(29(32)21-26)30(33)23-11-5-2-6-12-23;1-2-3-4-5-6-10-15-24-18-13-14-19(20(22)16-18)21(23)17-11-8-7-9-12-17;1-9-3-5-11(13(16)7-9)15(18)12-6-4-10(19-2)8-14(12)17;1-17-11-7-8-12(13(15)9-11)14(16)10-5-3-2-4-6-10;14-7-1-3-9(11(16)5-7)13(18)10-4-2-8(15)6-12(10)17;14-10-6-7-11(12(15)8-10)13(16)9-4-2-1-3-5-9/h1-6,9-16,20-21,31-32H,7-8,17-19H2;7-9,11-14,16,22H,2-6,10,15H2,1H3;3-8,16-17H,1-2H3;2-9,15H,1H3;1-6,14-17H;1-8,14-15H. The van der Waals surface area contributed by atoms with Gasteiger partial charge in [-0.05, 0) is 146 Å². The Kier molecular flexibility index (Phi) is 36.9. The van der Waals surface area contributed by atoms with Gasteiger partial charge in [-0.15, -0.1) is 0 Å². The summed E-state index contributed by atoms with van der Waals surface area (Å²) in [7, 11) is 2.98. The SMILES string of the molecule is CCCCCCCCOc1ccc(C(=O)c2ccccc2)c(O)c1.COc1ccc(C(=O)c2ccc(C)cc2O)c(O)c1.COc1ccc(C(=O)c2ccccc2)c(O)c1.O=C(c1ccc(O)cc1O)c1ccc(O)cc1O.O=C(c1ccccc1)c1ccc(O)cc1O.O=C(c1ccccc1)c1ccc(OCCCCOc2ccc(Cc3ccccc3)c(O)c2)cc1O. The van der Waals surface area contributed by atoms with E-state index in [2.05, 4.69) is 6.92 Å². The highest BCUT2D eigenvalue weighted by Gasteiger charge is 2.22. The first-order valence-corrected chi connectivity index (χ1v) is 41.2. The molecule has 0 saturated heterocycles. The number of aryl methyl sites for hydroxylation is 1. The van der Waals surface area contributed by atoms with Gasteiger partial charge in [0.05, 0.1) is 78.5 Å². The van der Waals surface area contributed by atoms with Crippen molar-refractivity contribution in [2.45, 2.75) is 71.6 Å². The van der Waals surface area contributed by atoms with Crippen LogP contribution < -0.4 is 23.7 Å². The average Bonchev–Trinajstić information content (AvgIpc) is 0.817. The summed E-state index contributed by atoms with van der Waals surface area (Å²) < 4.78 is 27.0. The van der Waals surface area contributed by atoms with E-state index in [0.717, 1.165) is 60.6 Å². The third-order valence-corrected chi connectivity index (χ3v) is 19.7. The minimum absolute atomic E-state index is 0.0377. The largest absolute Gasteiger partial charge is 0.508 e. The number of phenols is 12. The van der Waals surface area contributed by atoms with Crippen molar-refractivity contribution in [3.8, 4) is 97.7 Å². The Bertz CT molecular complexity index is 6010. The Morgan fingerprint density at radius 3 is 0.791 bits per heavy atom. The normalized spacial score (nSPS) is 10.3. The van der Waals surface area contributed by atoms with Gasteiger partial charge in [-0.1, -0.05) is 203 Å². The van der Waals surface area contributed by atoms with E-state index in [1.165, 1.54) is 119 Å². The Hall–Kier alpha value is -16.3. The first-order chi connectivity index (χ1) is 62.2. The zero-order valence-electron chi connectivity index (χ0n) is 71.4. The summed E-state index contributed by atoms with van der Waals surface area (Å²) in [4.78, 5) is 73.2. The lowest BCUT2D eigenvalue weighted by molar-refractivity contribution is 0.102. The number of rotatable bonds is 31. The van der Waals surface area contributed by atoms with Gasteiger partial charge in [0.15, 0.2) is 34.7 Å². The van der Waals surface area contributed by atoms with E-state index in [4.69, 9.17) is 39.0 Å². The van der Waals surface area contributed by atoms with E-state index in [1.807, 2.05) is 85.8 Å². The Morgan fingerprint density at radius 1 is 0.240 bits per heavy atom. The maximum absolute atomic E-state index is 12.5. The molecule has 0 bridgehead atoms. The first-order valence-electron chi connectivity index (χ1n) is 41.2. The average molecular weight is 1740 g/mol. The van der Waals surface area contributed by atoms with Gasteiger partial charge in [0.1, 0.15) is 97.7 Å². The second-order valence-electron chi connectivity index (χ2n) is 29.2. The predicted octanol–water partition coefficient (Wildman–Crippen LogP) is 20.9. The maximum atomic E-state index is 12.5. The fourth-order valence-electron chi connectivity index (χ4n) is 12.7. The Labute approximate surface area is 746 Å². The lowest BCUT2D eigenvalue weighted by Gasteiger charge is -2.11. The molecule has 0 aromatic heterocycles. The highest BCUT2D eigenvalue weighted by atomic mass is 16.5. The zero-order chi connectivity index (χ0) is 92.7. The summed E-state index contributed by atoms with van der Waals surface area (Å²) in [6, 6.07) is 85.2. The van der Waals surface area contributed by atoms with E-state index in [9.17, 15) is 74.7 Å². The van der Waals surface area contributed by atoms with Crippen LogP contribution in [0.25, 0.3) is 0 Å². The van der Waals surface area contributed by atoms with Crippen LogP contribution in [0.15, 0.2) is 315 Å². The lowest BCUT2D eigenvalue weighted by atomic mass is 10.0. The third kappa shape index (κ3) is 29.2. The van der Waals surface area contributed by atoms with Gasteiger partial charge in [0, 0.05) is 77.2 Å². The van der Waals surface area contributed by atoms with Crippen molar-refractivity contribution in [3.63, 3.8) is 0 Å². The van der Waals surface area contributed by atoms with Crippen molar-refractivity contribution in [3.05, 3.63) is 399 Å². The van der Waals surface area contributed by atoms with Crippen LogP contribution in [-0.2, 0) is 6.42 Å². The van der Waals surface area contributed by atoms with Crippen LogP contribution in [0.4, 0.5) is 0 Å². The molecule has 0 saturated carbocycles. The quantitative estimate of drug-likeness (QED) is 0.0142. The number of methoxy groups -OCH3 is 2. The molecule has 0 atom stereocenters. The molecule has 23 nitrogen and oxygen atoms in total. The fourth-order valence-corrected chi connectivity index (χ4v) is 12.7. The minimum Gasteiger partial charge on any atom is -0.508 e. The van der Waals surface area contributed by atoms with Gasteiger partial charge < -0.3 is 85.0 Å². The van der Waals surface area contributed by atoms with E-state index >= 15 is 0 Å². The number of carbonyl (C=O) groups excluding carboxylic acids is 6. The van der Waals surface area contributed by atoms with Crippen LogP contribution in [0, 0.1) is 6.92 Å². The summed E-state index contributed by atoms with van der Waals surface area (Å²) in [6.45, 7) is 5.62. The number of hydrogen-bond acceptors (Lipinski definition) is 23. The molecular formula is C106H100O23. The van der Waals surface area contributed by atoms with E-state index in [-0.39, 0.29) is 131 Å². The van der Waals surface area contributed by atoms with Crippen LogP contribution in [-0.4, -0.2) is 130 Å². The summed E-state index contributed by atoms with van der Waals surface area (Å²) in [5, 5.41) is 116. The molecule has 14 aromatic carbocycles. The molecule has 662 valence electrons. The molecule has 0 radical (unpaired) electrons. The molecule has 0 aliphatic heterocycles. The van der Waals surface area contributed by atoms with Crippen LogP contribution in [0.1, 0.15) is 171 Å². The number of hydrogen-bond donors (Lipinski definition) is 12. The van der Waals surface area contributed by atoms with E-state index < -0.39 is 11.6 Å². The smallest absolute Gasteiger partial charge is 0.200 e. The number of benzene rings is 14. The molecule has 0 aliphatic carbocycles. The highest BCUT2D eigenvalue weighted by Crippen LogP contribution is 2.35. The molecule has 0 unspecified atom stereocenters. The molecule has 12 N–H and O–H groups in total. The fraction of sp³-hybridized carbons (Fsp3) is 0.151. The van der Waals surface area contributed by atoms with Gasteiger partial charge in [0.25, 0.3) is 0 Å². The Balaban J connectivity index is 0.000000179. The number of ketones is 6. The summed E-state index contributed by atoms with van der Waals surface area (Å²) in [5.41, 5.74) is 6.19. The van der Waals surface area contributed by atoms with Crippen molar-refractivity contribution in [1.82, 2.24) is 0 Å². The highest BCUT2D eigenvalue weighted by molar-refractivity contribution is 6.15. The summed E-state index contributed by atoms with van der Waals surface area (Å²) >= 11 is 0. The number of ether oxygens (including phenoxy) is 5. The van der Waals surface area contributed by atoms with Crippen LogP contribution in [0.3, 0.4) is 0 Å². The van der Waals surface area contributed by atoms with E-state index in [0.29, 0.717) is 82.8 Å². The molecule has 0 fully saturated rings. The molecule has 129 heavy (non-hydrogen) atoms. The molecule has 0 amide bonds. The van der Waals surface area contributed by atoms with Crippen molar-refractivity contribution in [1.29, 1.82) is 0 Å². The number of phenolic OH excluding ortho intramolecular Hbond substituents is 12. The van der Waals surface area contributed by atoms with Crippen LogP contribution in [0.5, 0.6) is 97.7 Å². The third-order valence-electron chi connectivity index (χ3n) is 19.7. The Morgan fingerprint density at radius 2 is 0.488 bits per heavy atom. The molecule has 0 heterocycles. The monoisotopic (exact) mass is 1740 g/mol. The first kappa shape index (κ1) is 96.5. The van der Waals surface area contributed by atoms with Crippen molar-refractivity contribution in [2.24, 2.45) is 0 Å². The van der Waals surface area contributed by atoms with Crippen molar-refractivity contribution >= 4 is 34.7 Å². The number of unbranched alkanes of at least 4 members (excludes halogenated alkanes) is 6. The lowest BCUT2D eigenvalue weighted by Crippen LogP contribution is -2.04. The summed E-state index contributed by atoms with van der Waals surface area (Å²) in [6.07, 6.45) is 9.44. The molecule has 14 aromatic rings. The van der Waals surface area contributed by atoms with Gasteiger partial charge in [0.2, 0.25) is 0 Å². The van der Waals surface area contributed by atoms with E-state index in [1.54, 1.807) is 140 Å². The molecule has 14 rings (SSSR count). The topological polar surface area (TPSA) is 391 Å². The molecule has 0 spiro atoms. The van der Waals surface area contributed by atoms with Gasteiger partial charge in [-0.25, -0.2) is 0 Å². The minimum atomic E-state index is -0.606. The predicted molar refractivity (Wildman–Crippen MR) is 491 cm³/mol. The van der Waals surface area contributed by atoms with Gasteiger partial charge >= 0.3 is 0 Å². The summed E-state index contributed by atoms with van der Waals surface area (Å²) in [5.74, 6) is -0.844. The van der Waals surface area contributed by atoms with Crippen LogP contribution >= 0.6 is 0 Å². The number of aromatic hydroxyl groups is 12. The van der Waals surface area contributed by atoms with Crippen molar-refractivity contribution < 1.29 is 114 Å². The zero-order valence-corrected chi connectivity index (χ0v) is 71.4. The van der Waals surface area contributed by atoms with Gasteiger partial charge in [-0.2, -0.15) is 0 Å². The van der Waals surface area contributed by atoms with Crippen molar-refractivity contribution in [2.75, 3.05) is 34.0 Å². The second-order valence-corrected chi connectivity index (χ2v) is 29.2. The molecular weight excluding hydrogens is 1640 g/mol. The molecule has 23 heteroatoms.